The third-order valence-corrected chi connectivity index (χ3v) is 2.88. The molecule has 0 spiro atoms. The van der Waals surface area contributed by atoms with E-state index < -0.39 is 5.63 Å². The van der Waals surface area contributed by atoms with Crippen molar-refractivity contribution >= 4 is 16.9 Å². The van der Waals surface area contributed by atoms with Gasteiger partial charge < -0.3 is 13.9 Å². The highest BCUT2D eigenvalue weighted by molar-refractivity contribution is 5.81. The topological polar surface area (TPSA) is 65.7 Å². The Morgan fingerprint density at radius 3 is 2.80 bits per heavy atom. The second-order valence-electron chi connectivity index (χ2n) is 4.36. The molecule has 0 unspecified atom stereocenters. The Hall–Kier alpha value is -2.30. The fourth-order valence-corrected chi connectivity index (χ4v) is 1.89. The maximum Gasteiger partial charge on any atom is 0.336 e. The third kappa shape index (κ3) is 3.17. The Labute approximate surface area is 116 Å². The first-order valence-corrected chi connectivity index (χ1v) is 6.40. The number of benzene rings is 1. The van der Waals surface area contributed by atoms with Crippen molar-refractivity contribution in [2.24, 2.45) is 0 Å². The molecule has 106 valence electrons. The van der Waals surface area contributed by atoms with Crippen molar-refractivity contribution in [3.05, 3.63) is 40.2 Å². The van der Waals surface area contributed by atoms with Crippen LogP contribution >= 0.6 is 0 Å². The number of carbonyl (C=O) groups is 1. The van der Waals surface area contributed by atoms with Gasteiger partial charge in [-0.25, -0.2) is 4.79 Å². The normalized spacial score (nSPS) is 10.5. The molecule has 1 aromatic heterocycles. The molecule has 0 fully saturated rings. The number of esters is 1. The summed E-state index contributed by atoms with van der Waals surface area (Å²) in [5.74, 6) is 0.322. The van der Waals surface area contributed by atoms with Crippen LogP contribution in [0.25, 0.3) is 11.0 Å². The maximum absolute atomic E-state index is 11.5. The summed E-state index contributed by atoms with van der Waals surface area (Å²) in [4.78, 5) is 22.9. The molecule has 1 aromatic carbocycles. The van der Waals surface area contributed by atoms with Crippen LogP contribution in [0.1, 0.15) is 25.3 Å². The van der Waals surface area contributed by atoms with Crippen LogP contribution in [0.3, 0.4) is 0 Å². The summed E-state index contributed by atoms with van der Waals surface area (Å²) in [5.41, 5.74) is 0.564. The second kappa shape index (κ2) is 6.23. The third-order valence-electron chi connectivity index (χ3n) is 2.88. The van der Waals surface area contributed by atoms with Gasteiger partial charge in [0.2, 0.25) is 0 Å². The highest BCUT2D eigenvalue weighted by Gasteiger charge is 2.09. The lowest BCUT2D eigenvalue weighted by Crippen LogP contribution is -2.07. The van der Waals surface area contributed by atoms with Crippen LogP contribution in [0.2, 0.25) is 0 Å². The van der Waals surface area contributed by atoms with Gasteiger partial charge in [0, 0.05) is 29.5 Å². The van der Waals surface area contributed by atoms with Gasteiger partial charge in [0.15, 0.2) is 0 Å². The molecule has 0 aliphatic carbocycles. The van der Waals surface area contributed by atoms with Gasteiger partial charge in [-0.15, -0.1) is 0 Å². The monoisotopic (exact) mass is 276 g/mol. The molecule has 20 heavy (non-hydrogen) atoms. The molecule has 0 saturated heterocycles. The van der Waals surface area contributed by atoms with E-state index in [1.54, 1.807) is 18.2 Å². The molecule has 2 rings (SSSR count). The summed E-state index contributed by atoms with van der Waals surface area (Å²) in [7, 11) is 1.54. The summed E-state index contributed by atoms with van der Waals surface area (Å²) in [6.45, 7) is 1.97. The molecule has 5 nitrogen and oxygen atoms in total. The lowest BCUT2D eigenvalue weighted by molar-refractivity contribution is -0.144. The van der Waals surface area contributed by atoms with Gasteiger partial charge in [0.1, 0.15) is 17.9 Å². The molecule has 0 aliphatic heterocycles. The summed E-state index contributed by atoms with van der Waals surface area (Å²) in [5, 5.41) is 0.731. The predicted molar refractivity (Wildman–Crippen MR) is 73.7 cm³/mol. The lowest BCUT2D eigenvalue weighted by atomic mass is 10.1. The predicted octanol–water partition coefficient (Wildman–Crippen LogP) is 2.64. The van der Waals surface area contributed by atoms with E-state index in [4.69, 9.17) is 13.9 Å². The largest absolute Gasteiger partial charge is 0.497 e. The quantitative estimate of drug-likeness (QED) is 0.620. The molecule has 0 radical (unpaired) electrons. The Kier molecular flexibility index (Phi) is 4.40. The zero-order valence-electron chi connectivity index (χ0n) is 11.5. The highest BCUT2D eigenvalue weighted by atomic mass is 16.5. The van der Waals surface area contributed by atoms with Crippen molar-refractivity contribution in [3.63, 3.8) is 0 Å². The standard InChI is InChI=1S/C15H16O5/c1-3-4-14(16)19-9-10-7-15(17)20-13-8-11(18-2)5-6-12(10)13/h5-8H,3-4,9H2,1-2H3. The Bertz CT molecular complexity index is 672. The smallest absolute Gasteiger partial charge is 0.336 e. The SMILES string of the molecule is CCCC(=O)OCc1cc(=O)oc2cc(OC)ccc12. The van der Waals surface area contributed by atoms with Crippen LogP contribution in [0.4, 0.5) is 0 Å². The van der Waals surface area contributed by atoms with Crippen molar-refractivity contribution in [2.75, 3.05) is 7.11 Å². The first kappa shape index (κ1) is 14.1. The number of carbonyl (C=O) groups excluding carboxylic acids is 1. The fourth-order valence-electron chi connectivity index (χ4n) is 1.89. The molecule has 0 aliphatic rings. The fraction of sp³-hybridized carbons (Fsp3) is 0.333. The van der Waals surface area contributed by atoms with Gasteiger partial charge >= 0.3 is 11.6 Å². The summed E-state index contributed by atoms with van der Waals surface area (Å²) in [6.07, 6.45) is 1.10. The summed E-state index contributed by atoms with van der Waals surface area (Å²) < 4.78 is 15.3. The maximum atomic E-state index is 11.5. The first-order chi connectivity index (χ1) is 9.63. The van der Waals surface area contributed by atoms with Crippen LogP contribution in [-0.2, 0) is 16.1 Å². The zero-order chi connectivity index (χ0) is 14.5. The van der Waals surface area contributed by atoms with Gasteiger partial charge in [-0.2, -0.15) is 0 Å². The molecule has 0 amide bonds. The van der Waals surface area contributed by atoms with E-state index in [-0.39, 0.29) is 12.6 Å². The van der Waals surface area contributed by atoms with Crippen LogP contribution in [0.15, 0.2) is 33.5 Å². The summed E-state index contributed by atoms with van der Waals surface area (Å²) >= 11 is 0. The van der Waals surface area contributed by atoms with Gasteiger partial charge in [-0.3, -0.25) is 4.79 Å². The van der Waals surface area contributed by atoms with Crippen LogP contribution in [0, 0.1) is 0 Å². The van der Waals surface area contributed by atoms with Crippen molar-refractivity contribution in [3.8, 4) is 5.75 Å². The van der Waals surface area contributed by atoms with Gasteiger partial charge in [-0.05, 0) is 18.6 Å². The van der Waals surface area contributed by atoms with E-state index in [1.165, 1.54) is 13.2 Å². The highest BCUT2D eigenvalue weighted by Crippen LogP contribution is 2.23. The van der Waals surface area contributed by atoms with Crippen LogP contribution in [0.5, 0.6) is 5.75 Å². The molecular weight excluding hydrogens is 260 g/mol. The number of ether oxygens (including phenoxy) is 2. The number of rotatable bonds is 5. The van der Waals surface area contributed by atoms with E-state index >= 15 is 0 Å². The van der Waals surface area contributed by atoms with Crippen LogP contribution < -0.4 is 10.4 Å². The van der Waals surface area contributed by atoms with E-state index in [0.717, 1.165) is 11.8 Å². The average Bonchev–Trinajstić information content (AvgIpc) is 2.44. The first-order valence-electron chi connectivity index (χ1n) is 6.40. The van der Waals surface area contributed by atoms with E-state index in [1.807, 2.05) is 6.92 Å². The molecule has 5 heteroatoms. The van der Waals surface area contributed by atoms with Crippen LogP contribution in [-0.4, -0.2) is 13.1 Å². The second-order valence-corrected chi connectivity index (χ2v) is 4.36. The molecule has 0 atom stereocenters. The Morgan fingerprint density at radius 2 is 2.10 bits per heavy atom. The van der Waals surface area contributed by atoms with Crippen molar-refractivity contribution in [2.45, 2.75) is 26.4 Å². The Balaban J connectivity index is 2.32. The average molecular weight is 276 g/mol. The molecular formula is C15H16O5. The minimum Gasteiger partial charge on any atom is -0.497 e. The number of fused-ring (bicyclic) bond motifs is 1. The number of hydrogen-bond donors (Lipinski definition) is 0. The number of hydrogen-bond acceptors (Lipinski definition) is 5. The zero-order valence-corrected chi connectivity index (χ0v) is 11.5. The van der Waals surface area contributed by atoms with E-state index in [2.05, 4.69) is 0 Å². The van der Waals surface area contributed by atoms with Gasteiger partial charge in [0.25, 0.3) is 0 Å². The number of methoxy groups -OCH3 is 1. The Morgan fingerprint density at radius 1 is 1.30 bits per heavy atom. The van der Waals surface area contributed by atoms with E-state index in [9.17, 15) is 9.59 Å². The van der Waals surface area contributed by atoms with Gasteiger partial charge in [-0.1, -0.05) is 6.92 Å². The molecule has 0 saturated carbocycles. The lowest BCUT2D eigenvalue weighted by Gasteiger charge is -2.07. The minimum absolute atomic E-state index is 0.0628. The molecule has 2 aromatic rings. The van der Waals surface area contributed by atoms with E-state index in [0.29, 0.717) is 23.3 Å². The summed E-state index contributed by atoms with van der Waals surface area (Å²) in [6, 6.07) is 6.52. The molecule has 0 bridgehead atoms. The van der Waals surface area contributed by atoms with Crippen molar-refractivity contribution in [1.82, 2.24) is 0 Å². The minimum atomic E-state index is -0.479. The van der Waals surface area contributed by atoms with Gasteiger partial charge in [0.05, 0.1) is 7.11 Å². The van der Waals surface area contributed by atoms with Crippen molar-refractivity contribution in [1.29, 1.82) is 0 Å². The molecule has 1 heterocycles. The van der Waals surface area contributed by atoms with Crippen molar-refractivity contribution < 1.29 is 18.7 Å². The molecule has 0 N–H and O–H groups in total.